The second-order valence-electron chi connectivity index (χ2n) is 4.65. The Morgan fingerprint density at radius 3 is 2.85 bits per heavy atom. The van der Waals surface area contributed by atoms with E-state index < -0.39 is 0 Å². The van der Waals surface area contributed by atoms with E-state index in [0.717, 1.165) is 24.6 Å². The minimum atomic E-state index is -0.0123. The minimum Gasteiger partial charge on any atom is -0.383 e. The van der Waals surface area contributed by atoms with Gasteiger partial charge >= 0.3 is 0 Å². The number of rotatable bonds is 4. The number of aromatic nitrogens is 3. The molecule has 0 atom stereocenters. The monoisotopic (exact) mass is 272 g/mol. The SMILES string of the molecule is COCCN1CCn2c1nc(-c1ccncc1)cc2=O. The van der Waals surface area contributed by atoms with Crippen LogP contribution < -0.4 is 10.5 Å². The van der Waals surface area contributed by atoms with E-state index in [1.165, 1.54) is 0 Å². The third-order valence-corrected chi connectivity index (χ3v) is 3.41. The summed E-state index contributed by atoms with van der Waals surface area (Å²) in [7, 11) is 1.67. The molecule has 20 heavy (non-hydrogen) atoms. The molecule has 2 aromatic heterocycles. The van der Waals surface area contributed by atoms with Crippen molar-refractivity contribution in [1.82, 2.24) is 14.5 Å². The topological polar surface area (TPSA) is 60.2 Å². The van der Waals surface area contributed by atoms with Crippen molar-refractivity contribution in [1.29, 1.82) is 0 Å². The van der Waals surface area contributed by atoms with E-state index >= 15 is 0 Å². The molecule has 104 valence electrons. The van der Waals surface area contributed by atoms with Crippen LogP contribution in [0.2, 0.25) is 0 Å². The lowest BCUT2D eigenvalue weighted by atomic mass is 10.2. The van der Waals surface area contributed by atoms with Crippen LogP contribution in [0.4, 0.5) is 5.95 Å². The summed E-state index contributed by atoms with van der Waals surface area (Å²) in [5.74, 6) is 0.723. The first-order valence-corrected chi connectivity index (χ1v) is 6.56. The summed E-state index contributed by atoms with van der Waals surface area (Å²) in [5.41, 5.74) is 1.58. The second kappa shape index (κ2) is 5.42. The van der Waals surface area contributed by atoms with Gasteiger partial charge in [-0.1, -0.05) is 0 Å². The molecule has 1 aliphatic rings. The van der Waals surface area contributed by atoms with Gasteiger partial charge in [0.2, 0.25) is 5.95 Å². The molecular weight excluding hydrogens is 256 g/mol. The van der Waals surface area contributed by atoms with Gasteiger partial charge in [-0.15, -0.1) is 0 Å². The molecule has 2 aromatic rings. The second-order valence-corrected chi connectivity index (χ2v) is 4.65. The molecule has 0 bridgehead atoms. The number of anilines is 1. The van der Waals surface area contributed by atoms with Gasteiger partial charge in [0.15, 0.2) is 0 Å². The molecule has 0 aliphatic carbocycles. The quantitative estimate of drug-likeness (QED) is 0.823. The zero-order chi connectivity index (χ0) is 13.9. The number of fused-ring (bicyclic) bond motifs is 1. The number of methoxy groups -OCH3 is 1. The first kappa shape index (κ1) is 12.8. The van der Waals surface area contributed by atoms with Gasteiger partial charge < -0.3 is 9.64 Å². The number of hydrogen-bond acceptors (Lipinski definition) is 5. The Bertz CT molecular complexity index is 654. The molecule has 3 rings (SSSR count). The molecule has 0 saturated carbocycles. The Kier molecular flexibility index (Phi) is 3.47. The zero-order valence-electron chi connectivity index (χ0n) is 11.3. The maximum atomic E-state index is 12.2. The first-order chi connectivity index (χ1) is 9.79. The van der Waals surface area contributed by atoms with E-state index in [2.05, 4.69) is 14.9 Å². The molecule has 0 fully saturated rings. The molecular formula is C14H16N4O2. The summed E-state index contributed by atoms with van der Waals surface area (Å²) in [4.78, 5) is 22.9. The summed E-state index contributed by atoms with van der Waals surface area (Å²) >= 11 is 0. The molecule has 6 nitrogen and oxygen atoms in total. The van der Waals surface area contributed by atoms with Gasteiger partial charge in [0, 0.05) is 50.8 Å². The number of hydrogen-bond donors (Lipinski definition) is 0. The Morgan fingerprint density at radius 2 is 2.10 bits per heavy atom. The Labute approximate surface area is 116 Å². The molecule has 0 amide bonds. The fraction of sp³-hybridized carbons (Fsp3) is 0.357. The van der Waals surface area contributed by atoms with Crippen molar-refractivity contribution >= 4 is 5.95 Å². The number of ether oxygens (including phenoxy) is 1. The summed E-state index contributed by atoms with van der Waals surface area (Å²) in [6, 6.07) is 5.29. The van der Waals surface area contributed by atoms with Crippen molar-refractivity contribution in [2.45, 2.75) is 6.54 Å². The van der Waals surface area contributed by atoms with Gasteiger partial charge in [-0.2, -0.15) is 0 Å². The van der Waals surface area contributed by atoms with Crippen LogP contribution in [-0.2, 0) is 11.3 Å². The molecule has 0 radical (unpaired) electrons. The van der Waals surface area contributed by atoms with E-state index in [9.17, 15) is 4.79 Å². The van der Waals surface area contributed by atoms with Gasteiger partial charge in [0.05, 0.1) is 12.3 Å². The fourth-order valence-corrected chi connectivity index (χ4v) is 2.35. The summed E-state index contributed by atoms with van der Waals surface area (Å²) in [6.45, 7) is 2.84. The standard InChI is InChI=1S/C14H16N4O2/c1-20-9-8-17-6-7-18-13(19)10-12(16-14(17)18)11-2-4-15-5-3-11/h2-5,10H,6-9H2,1H3. The average Bonchev–Trinajstić information content (AvgIpc) is 2.89. The molecule has 0 aromatic carbocycles. The van der Waals surface area contributed by atoms with Crippen LogP contribution >= 0.6 is 0 Å². The normalized spacial score (nSPS) is 13.6. The zero-order valence-corrected chi connectivity index (χ0v) is 11.3. The number of nitrogens with zero attached hydrogens (tertiary/aromatic N) is 4. The van der Waals surface area contributed by atoms with E-state index in [1.807, 2.05) is 12.1 Å². The highest BCUT2D eigenvalue weighted by molar-refractivity contribution is 5.59. The van der Waals surface area contributed by atoms with Gasteiger partial charge in [0.25, 0.3) is 5.56 Å². The van der Waals surface area contributed by atoms with Crippen LogP contribution in [0.25, 0.3) is 11.3 Å². The first-order valence-electron chi connectivity index (χ1n) is 6.56. The van der Waals surface area contributed by atoms with Gasteiger partial charge in [-0.05, 0) is 12.1 Å². The van der Waals surface area contributed by atoms with Crippen LogP contribution in [0.3, 0.4) is 0 Å². The third-order valence-electron chi connectivity index (χ3n) is 3.41. The predicted molar refractivity (Wildman–Crippen MR) is 75.8 cm³/mol. The Morgan fingerprint density at radius 1 is 1.30 bits per heavy atom. The van der Waals surface area contributed by atoms with Crippen LogP contribution in [0, 0.1) is 0 Å². The highest BCUT2D eigenvalue weighted by Crippen LogP contribution is 2.21. The fourth-order valence-electron chi connectivity index (χ4n) is 2.35. The largest absolute Gasteiger partial charge is 0.383 e. The minimum absolute atomic E-state index is 0.0123. The lowest BCUT2D eigenvalue weighted by molar-refractivity contribution is 0.205. The van der Waals surface area contributed by atoms with Crippen LogP contribution in [0.15, 0.2) is 35.4 Å². The van der Waals surface area contributed by atoms with Crippen LogP contribution in [0.1, 0.15) is 0 Å². The predicted octanol–water partition coefficient (Wildman–Crippen LogP) is 0.772. The highest BCUT2D eigenvalue weighted by Gasteiger charge is 2.22. The van der Waals surface area contributed by atoms with Gasteiger partial charge in [-0.25, -0.2) is 4.98 Å². The van der Waals surface area contributed by atoms with Crippen molar-refractivity contribution < 1.29 is 4.74 Å². The van der Waals surface area contributed by atoms with E-state index in [0.29, 0.717) is 18.8 Å². The Hall–Kier alpha value is -2.21. The highest BCUT2D eigenvalue weighted by atomic mass is 16.5. The lowest BCUT2D eigenvalue weighted by Gasteiger charge is -2.16. The van der Waals surface area contributed by atoms with Crippen molar-refractivity contribution in [2.75, 3.05) is 31.7 Å². The van der Waals surface area contributed by atoms with E-state index in [-0.39, 0.29) is 5.56 Å². The van der Waals surface area contributed by atoms with E-state index in [4.69, 9.17) is 4.74 Å². The molecule has 0 unspecified atom stereocenters. The molecule has 0 spiro atoms. The average molecular weight is 272 g/mol. The van der Waals surface area contributed by atoms with Gasteiger partial charge in [0.1, 0.15) is 0 Å². The number of pyridine rings is 1. The van der Waals surface area contributed by atoms with Gasteiger partial charge in [-0.3, -0.25) is 14.3 Å². The van der Waals surface area contributed by atoms with Crippen LogP contribution in [-0.4, -0.2) is 41.3 Å². The van der Waals surface area contributed by atoms with Crippen molar-refractivity contribution in [3.63, 3.8) is 0 Å². The van der Waals surface area contributed by atoms with Crippen molar-refractivity contribution in [2.24, 2.45) is 0 Å². The smallest absolute Gasteiger partial charge is 0.255 e. The summed E-state index contributed by atoms with van der Waals surface area (Å²) < 4.78 is 6.81. The third kappa shape index (κ3) is 2.30. The lowest BCUT2D eigenvalue weighted by Crippen LogP contribution is -2.26. The van der Waals surface area contributed by atoms with E-state index in [1.54, 1.807) is 30.1 Å². The molecule has 1 aliphatic heterocycles. The summed E-state index contributed by atoms with van der Waals surface area (Å²) in [5, 5.41) is 0. The molecule has 3 heterocycles. The molecule has 0 N–H and O–H groups in total. The summed E-state index contributed by atoms with van der Waals surface area (Å²) in [6.07, 6.45) is 3.40. The van der Waals surface area contributed by atoms with Crippen molar-refractivity contribution in [3.05, 3.63) is 40.9 Å². The molecule has 6 heteroatoms. The van der Waals surface area contributed by atoms with Crippen LogP contribution in [0.5, 0.6) is 0 Å². The Balaban J connectivity index is 2.00. The maximum Gasteiger partial charge on any atom is 0.255 e. The maximum absolute atomic E-state index is 12.2. The van der Waals surface area contributed by atoms with Crippen molar-refractivity contribution in [3.8, 4) is 11.3 Å². The molecule has 0 saturated heterocycles.